The van der Waals surface area contributed by atoms with Crippen molar-refractivity contribution in [2.75, 3.05) is 11.9 Å². The first-order chi connectivity index (χ1) is 13.8. The lowest BCUT2D eigenvalue weighted by atomic mass is 9.94. The number of amides is 2. The van der Waals surface area contributed by atoms with E-state index in [1.54, 1.807) is 30.5 Å². The van der Waals surface area contributed by atoms with Gasteiger partial charge in [0.1, 0.15) is 5.60 Å². The van der Waals surface area contributed by atoms with Gasteiger partial charge in [0.05, 0.1) is 17.2 Å². The number of hydrogen-bond donors (Lipinski definition) is 3. The van der Waals surface area contributed by atoms with E-state index in [9.17, 15) is 24.8 Å². The SMILES string of the molecule is Cc1ccc([N+](=O)[O-])cc1NC(=O)C(=O)NC[C@@](O)(c1ccsc1)c1cccs1. The zero-order chi connectivity index (χ0) is 21.0. The molecule has 0 unspecified atom stereocenters. The Balaban J connectivity index is 1.72. The molecule has 8 nitrogen and oxygen atoms in total. The number of aryl methyl sites for hydroxylation is 1. The highest BCUT2D eigenvalue weighted by atomic mass is 32.1. The van der Waals surface area contributed by atoms with Crippen molar-refractivity contribution in [1.82, 2.24) is 5.32 Å². The van der Waals surface area contributed by atoms with Crippen LogP contribution in [0, 0.1) is 17.0 Å². The maximum Gasteiger partial charge on any atom is 0.313 e. The van der Waals surface area contributed by atoms with E-state index in [0.29, 0.717) is 16.0 Å². The lowest BCUT2D eigenvalue weighted by molar-refractivity contribution is -0.384. The predicted octanol–water partition coefficient (Wildman–Crippen LogP) is 3.02. The number of benzene rings is 1. The van der Waals surface area contributed by atoms with Crippen molar-refractivity contribution in [3.05, 3.63) is 78.7 Å². The Bertz CT molecular complexity index is 998. The van der Waals surface area contributed by atoms with Gasteiger partial charge in [0.2, 0.25) is 0 Å². The fourth-order valence-corrected chi connectivity index (χ4v) is 4.24. The molecule has 0 radical (unpaired) electrons. The van der Waals surface area contributed by atoms with Gasteiger partial charge in [0.15, 0.2) is 0 Å². The quantitative estimate of drug-likeness (QED) is 0.315. The minimum atomic E-state index is -1.47. The minimum Gasteiger partial charge on any atom is -0.378 e. The second-order valence-electron chi connectivity index (χ2n) is 6.24. The first kappa shape index (κ1) is 20.6. The fraction of sp³-hybridized carbons (Fsp3) is 0.158. The van der Waals surface area contributed by atoms with Gasteiger partial charge in [-0.05, 0) is 40.8 Å². The second kappa shape index (κ2) is 8.52. The number of anilines is 1. The molecule has 0 saturated heterocycles. The molecule has 10 heteroatoms. The van der Waals surface area contributed by atoms with Gasteiger partial charge < -0.3 is 15.7 Å². The summed E-state index contributed by atoms with van der Waals surface area (Å²) in [6.07, 6.45) is 0. The number of hydrogen-bond acceptors (Lipinski definition) is 7. The molecule has 3 N–H and O–H groups in total. The first-order valence-corrected chi connectivity index (χ1v) is 10.3. The topological polar surface area (TPSA) is 122 Å². The van der Waals surface area contributed by atoms with Crippen molar-refractivity contribution in [3.8, 4) is 0 Å². The Morgan fingerprint density at radius 1 is 1.21 bits per heavy atom. The highest BCUT2D eigenvalue weighted by molar-refractivity contribution is 7.10. The van der Waals surface area contributed by atoms with Crippen LogP contribution in [0.3, 0.4) is 0 Å². The molecule has 0 aliphatic rings. The summed E-state index contributed by atoms with van der Waals surface area (Å²) in [5, 5.41) is 32.3. The van der Waals surface area contributed by atoms with Crippen LogP contribution in [0.15, 0.2) is 52.5 Å². The smallest absolute Gasteiger partial charge is 0.313 e. The summed E-state index contributed by atoms with van der Waals surface area (Å²) in [6, 6.07) is 9.28. The molecule has 3 rings (SSSR count). The third-order valence-electron chi connectivity index (χ3n) is 4.32. The highest BCUT2D eigenvalue weighted by Gasteiger charge is 2.34. The van der Waals surface area contributed by atoms with E-state index in [0.717, 1.165) is 0 Å². The van der Waals surface area contributed by atoms with Gasteiger partial charge in [-0.15, -0.1) is 11.3 Å². The normalized spacial score (nSPS) is 12.8. The number of carbonyl (C=O) groups is 2. The van der Waals surface area contributed by atoms with Crippen LogP contribution in [0.2, 0.25) is 0 Å². The van der Waals surface area contributed by atoms with Gasteiger partial charge in [0, 0.05) is 22.6 Å². The molecular weight excluding hydrogens is 414 g/mol. The van der Waals surface area contributed by atoms with Gasteiger partial charge in [-0.25, -0.2) is 0 Å². The molecule has 0 aliphatic heterocycles. The lowest BCUT2D eigenvalue weighted by Crippen LogP contribution is -2.44. The van der Waals surface area contributed by atoms with Gasteiger partial charge in [-0.1, -0.05) is 12.1 Å². The van der Waals surface area contributed by atoms with Crippen LogP contribution >= 0.6 is 22.7 Å². The molecule has 2 amide bonds. The van der Waals surface area contributed by atoms with Crippen molar-refractivity contribution in [2.45, 2.75) is 12.5 Å². The van der Waals surface area contributed by atoms with Crippen LogP contribution in [0.4, 0.5) is 11.4 Å². The number of nitro groups is 1. The van der Waals surface area contributed by atoms with Gasteiger partial charge in [-0.3, -0.25) is 19.7 Å². The molecule has 150 valence electrons. The van der Waals surface area contributed by atoms with Gasteiger partial charge in [-0.2, -0.15) is 11.3 Å². The Morgan fingerprint density at radius 2 is 2.00 bits per heavy atom. The average molecular weight is 431 g/mol. The summed E-state index contributed by atoms with van der Waals surface area (Å²) in [7, 11) is 0. The maximum absolute atomic E-state index is 12.3. The van der Waals surface area contributed by atoms with Crippen molar-refractivity contribution < 1.29 is 19.6 Å². The minimum absolute atomic E-state index is 0.172. The maximum atomic E-state index is 12.3. The molecule has 0 spiro atoms. The Hall–Kier alpha value is -3.08. The molecule has 3 aromatic rings. The summed E-state index contributed by atoms with van der Waals surface area (Å²) in [5.41, 5.74) is -0.308. The summed E-state index contributed by atoms with van der Waals surface area (Å²) in [5.74, 6) is -1.94. The standard InChI is InChI=1S/C19H17N3O5S2/c1-12-4-5-14(22(26)27)9-15(12)21-18(24)17(23)20-11-19(25,13-6-8-28-10-13)16-3-2-7-29-16/h2-10,25H,11H2,1H3,(H,20,23)(H,21,24)/t19-/m1/s1. The largest absolute Gasteiger partial charge is 0.378 e. The third-order valence-corrected chi connectivity index (χ3v) is 6.02. The van der Waals surface area contributed by atoms with E-state index in [4.69, 9.17) is 0 Å². The van der Waals surface area contributed by atoms with Crippen molar-refractivity contribution in [2.24, 2.45) is 0 Å². The molecule has 0 aliphatic carbocycles. The number of nitrogens with one attached hydrogen (secondary N) is 2. The van der Waals surface area contributed by atoms with E-state index < -0.39 is 22.3 Å². The molecule has 0 bridgehead atoms. The Labute approximate surface area is 174 Å². The van der Waals surface area contributed by atoms with Crippen molar-refractivity contribution in [1.29, 1.82) is 0 Å². The number of nitrogens with zero attached hydrogens (tertiary/aromatic N) is 1. The van der Waals surface area contributed by atoms with Gasteiger partial charge >= 0.3 is 11.8 Å². The molecule has 2 aromatic heterocycles. The molecular formula is C19H17N3O5S2. The number of carbonyl (C=O) groups excluding carboxylic acids is 2. The molecule has 1 aromatic carbocycles. The molecule has 1 atom stereocenters. The van der Waals surface area contributed by atoms with Crippen LogP contribution in [0.25, 0.3) is 0 Å². The van der Waals surface area contributed by atoms with E-state index in [2.05, 4.69) is 10.6 Å². The second-order valence-corrected chi connectivity index (χ2v) is 7.97. The van der Waals surface area contributed by atoms with Crippen molar-refractivity contribution >= 4 is 45.9 Å². The summed E-state index contributed by atoms with van der Waals surface area (Å²) in [6.45, 7) is 1.45. The number of aliphatic hydroxyl groups is 1. The van der Waals surface area contributed by atoms with E-state index >= 15 is 0 Å². The zero-order valence-electron chi connectivity index (χ0n) is 15.2. The third kappa shape index (κ3) is 4.50. The fourth-order valence-electron chi connectivity index (χ4n) is 2.67. The van der Waals surface area contributed by atoms with Crippen LogP contribution in [0.1, 0.15) is 16.0 Å². The van der Waals surface area contributed by atoms with Crippen LogP contribution in [0.5, 0.6) is 0 Å². The average Bonchev–Trinajstić information content (AvgIpc) is 3.41. The van der Waals surface area contributed by atoms with E-state index in [-0.39, 0.29) is 17.9 Å². The number of nitro benzene ring substituents is 1. The molecule has 0 saturated carbocycles. The Morgan fingerprint density at radius 3 is 2.62 bits per heavy atom. The summed E-state index contributed by atoms with van der Waals surface area (Å²) >= 11 is 2.74. The number of non-ortho nitro benzene ring substituents is 1. The lowest BCUT2D eigenvalue weighted by Gasteiger charge is -2.26. The van der Waals surface area contributed by atoms with Crippen LogP contribution in [-0.4, -0.2) is 28.4 Å². The number of thiophene rings is 2. The first-order valence-electron chi connectivity index (χ1n) is 8.44. The summed E-state index contributed by atoms with van der Waals surface area (Å²) < 4.78 is 0. The van der Waals surface area contributed by atoms with Gasteiger partial charge in [0.25, 0.3) is 5.69 Å². The predicted molar refractivity (Wildman–Crippen MR) is 111 cm³/mol. The zero-order valence-corrected chi connectivity index (χ0v) is 16.9. The summed E-state index contributed by atoms with van der Waals surface area (Å²) in [4.78, 5) is 35.5. The molecule has 0 fully saturated rings. The molecule has 2 heterocycles. The molecule has 29 heavy (non-hydrogen) atoms. The van der Waals surface area contributed by atoms with Crippen LogP contribution < -0.4 is 10.6 Å². The van der Waals surface area contributed by atoms with E-state index in [1.807, 2.05) is 10.8 Å². The van der Waals surface area contributed by atoms with Crippen LogP contribution in [-0.2, 0) is 15.2 Å². The van der Waals surface area contributed by atoms with E-state index in [1.165, 1.54) is 40.9 Å². The Kier molecular flexibility index (Phi) is 6.06. The number of rotatable bonds is 6. The highest BCUT2D eigenvalue weighted by Crippen LogP contribution is 2.33. The monoisotopic (exact) mass is 431 g/mol. The van der Waals surface area contributed by atoms with Crippen molar-refractivity contribution in [3.63, 3.8) is 0 Å².